The summed E-state index contributed by atoms with van der Waals surface area (Å²) in [5, 5.41) is 12.0. The molecule has 4 nitrogen and oxygen atoms in total. The minimum atomic E-state index is -0.588. The van der Waals surface area contributed by atoms with Crippen LogP contribution < -0.4 is 10.1 Å². The Morgan fingerprint density at radius 3 is 2.79 bits per heavy atom. The Morgan fingerprint density at radius 1 is 1.42 bits per heavy atom. The second-order valence-electron chi connectivity index (χ2n) is 4.86. The van der Waals surface area contributed by atoms with Crippen molar-refractivity contribution in [3.63, 3.8) is 0 Å². The van der Waals surface area contributed by atoms with Crippen LogP contribution in [0.2, 0.25) is 0 Å². The third-order valence-electron chi connectivity index (χ3n) is 3.38. The molecule has 1 fully saturated rings. The van der Waals surface area contributed by atoms with Gasteiger partial charge in [0, 0.05) is 6.04 Å². The molecule has 0 bridgehead atoms. The topological polar surface area (TPSA) is 62.1 Å². The van der Waals surface area contributed by atoms with Gasteiger partial charge in [-0.2, -0.15) is 5.26 Å². The Bertz CT molecular complexity index is 487. The molecule has 1 N–H and O–H groups in total. The predicted octanol–water partition coefficient (Wildman–Crippen LogP) is 2.38. The van der Waals surface area contributed by atoms with Crippen LogP contribution in [0.5, 0.6) is 5.75 Å². The second-order valence-corrected chi connectivity index (χ2v) is 4.86. The van der Waals surface area contributed by atoms with E-state index in [0.717, 1.165) is 12.8 Å². The Balaban J connectivity index is 1.94. The number of hydrogen-bond acceptors (Lipinski definition) is 3. The van der Waals surface area contributed by atoms with E-state index in [2.05, 4.69) is 11.4 Å². The van der Waals surface area contributed by atoms with Gasteiger partial charge in [-0.1, -0.05) is 25.0 Å². The van der Waals surface area contributed by atoms with Gasteiger partial charge in [0.2, 0.25) is 0 Å². The van der Waals surface area contributed by atoms with E-state index in [-0.39, 0.29) is 11.9 Å². The van der Waals surface area contributed by atoms with Crippen LogP contribution in [0.4, 0.5) is 0 Å². The van der Waals surface area contributed by atoms with E-state index in [0.29, 0.717) is 11.3 Å². The third kappa shape index (κ3) is 3.47. The van der Waals surface area contributed by atoms with Crippen molar-refractivity contribution in [2.45, 2.75) is 44.8 Å². The standard InChI is InChI=1S/C15H18N2O2/c1-11(15(18)17-13-7-3-4-8-13)19-14-9-5-2-6-12(14)10-16/h2,5-6,9,11,13H,3-4,7-8H2,1H3,(H,17,18). The van der Waals surface area contributed by atoms with Crippen LogP contribution in [0.15, 0.2) is 24.3 Å². The van der Waals surface area contributed by atoms with E-state index in [1.54, 1.807) is 31.2 Å². The number of nitriles is 1. The number of para-hydroxylation sites is 1. The highest BCUT2D eigenvalue weighted by Crippen LogP contribution is 2.20. The largest absolute Gasteiger partial charge is 0.480 e. The van der Waals surface area contributed by atoms with Gasteiger partial charge in [0.15, 0.2) is 6.10 Å². The summed E-state index contributed by atoms with van der Waals surface area (Å²) in [6.45, 7) is 1.71. The van der Waals surface area contributed by atoms with Crippen LogP contribution in [-0.2, 0) is 4.79 Å². The molecule has 2 rings (SSSR count). The van der Waals surface area contributed by atoms with E-state index in [1.165, 1.54) is 12.8 Å². The zero-order chi connectivity index (χ0) is 13.7. The van der Waals surface area contributed by atoms with Crippen LogP contribution in [0, 0.1) is 11.3 Å². The molecule has 100 valence electrons. The van der Waals surface area contributed by atoms with Gasteiger partial charge >= 0.3 is 0 Å². The summed E-state index contributed by atoms with van der Waals surface area (Å²) >= 11 is 0. The number of rotatable bonds is 4. The lowest BCUT2D eigenvalue weighted by atomic mass is 10.2. The van der Waals surface area contributed by atoms with Gasteiger partial charge in [0.25, 0.3) is 5.91 Å². The fraction of sp³-hybridized carbons (Fsp3) is 0.467. The van der Waals surface area contributed by atoms with Crippen LogP contribution in [0.1, 0.15) is 38.2 Å². The maximum absolute atomic E-state index is 12.0. The van der Waals surface area contributed by atoms with E-state index in [4.69, 9.17) is 10.00 Å². The molecular formula is C15H18N2O2. The van der Waals surface area contributed by atoms with E-state index in [9.17, 15) is 4.79 Å². The third-order valence-corrected chi connectivity index (χ3v) is 3.38. The van der Waals surface area contributed by atoms with Crippen molar-refractivity contribution in [2.75, 3.05) is 0 Å². The molecular weight excluding hydrogens is 240 g/mol. The number of nitrogens with one attached hydrogen (secondary N) is 1. The molecule has 0 radical (unpaired) electrons. The second kappa shape index (κ2) is 6.24. The molecule has 1 aliphatic carbocycles. The van der Waals surface area contributed by atoms with Gasteiger partial charge in [-0.15, -0.1) is 0 Å². The summed E-state index contributed by atoms with van der Waals surface area (Å²) in [6.07, 6.45) is 3.87. The van der Waals surface area contributed by atoms with Gasteiger partial charge in [-0.25, -0.2) is 0 Å². The van der Waals surface area contributed by atoms with Crippen LogP contribution in [-0.4, -0.2) is 18.1 Å². The zero-order valence-electron chi connectivity index (χ0n) is 11.1. The van der Waals surface area contributed by atoms with Crippen molar-refractivity contribution in [3.05, 3.63) is 29.8 Å². The Labute approximate surface area is 113 Å². The van der Waals surface area contributed by atoms with Gasteiger partial charge in [0.05, 0.1) is 5.56 Å². The molecule has 0 aromatic heterocycles. The summed E-state index contributed by atoms with van der Waals surface area (Å²) in [5.74, 6) is 0.346. The summed E-state index contributed by atoms with van der Waals surface area (Å²) < 4.78 is 5.57. The maximum Gasteiger partial charge on any atom is 0.260 e. The molecule has 0 spiro atoms. The average molecular weight is 258 g/mol. The van der Waals surface area contributed by atoms with Gasteiger partial charge in [-0.05, 0) is 31.9 Å². The van der Waals surface area contributed by atoms with Crippen molar-refractivity contribution in [3.8, 4) is 11.8 Å². The maximum atomic E-state index is 12.0. The van der Waals surface area contributed by atoms with Gasteiger partial charge in [-0.3, -0.25) is 4.79 Å². The molecule has 0 saturated heterocycles. The number of carbonyl (C=O) groups is 1. The number of amides is 1. The molecule has 1 aliphatic rings. The van der Waals surface area contributed by atoms with Crippen molar-refractivity contribution in [1.82, 2.24) is 5.32 Å². The van der Waals surface area contributed by atoms with Crippen LogP contribution in [0.25, 0.3) is 0 Å². The van der Waals surface area contributed by atoms with E-state index < -0.39 is 6.10 Å². The SMILES string of the molecule is CC(Oc1ccccc1C#N)C(=O)NC1CCCC1. The van der Waals surface area contributed by atoms with Crippen molar-refractivity contribution in [1.29, 1.82) is 5.26 Å². The molecule has 1 aromatic carbocycles. The van der Waals surface area contributed by atoms with Gasteiger partial charge < -0.3 is 10.1 Å². The lowest BCUT2D eigenvalue weighted by molar-refractivity contribution is -0.127. The van der Waals surface area contributed by atoms with Crippen molar-refractivity contribution in [2.24, 2.45) is 0 Å². The van der Waals surface area contributed by atoms with Crippen molar-refractivity contribution < 1.29 is 9.53 Å². The average Bonchev–Trinajstić information content (AvgIpc) is 2.92. The number of benzene rings is 1. The lowest BCUT2D eigenvalue weighted by Gasteiger charge is -2.18. The monoisotopic (exact) mass is 258 g/mol. The summed E-state index contributed by atoms with van der Waals surface area (Å²) in [6, 6.07) is 9.28. The molecule has 4 heteroatoms. The number of hydrogen-bond donors (Lipinski definition) is 1. The highest BCUT2D eigenvalue weighted by atomic mass is 16.5. The summed E-state index contributed by atoms with van der Waals surface area (Å²) in [5.41, 5.74) is 0.447. The highest BCUT2D eigenvalue weighted by Gasteiger charge is 2.22. The number of nitrogens with zero attached hydrogens (tertiary/aromatic N) is 1. The fourth-order valence-corrected chi connectivity index (χ4v) is 2.29. The molecule has 1 amide bonds. The van der Waals surface area contributed by atoms with E-state index in [1.807, 2.05) is 0 Å². The first-order valence-electron chi connectivity index (χ1n) is 6.67. The fourth-order valence-electron chi connectivity index (χ4n) is 2.29. The molecule has 0 heterocycles. The minimum absolute atomic E-state index is 0.111. The first kappa shape index (κ1) is 13.4. The zero-order valence-corrected chi connectivity index (χ0v) is 11.1. The quantitative estimate of drug-likeness (QED) is 0.902. The Kier molecular flexibility index (Phi) is 4.40. The lowest BCUT2D eigenvalue weighted by Crippen LogP contribution is -2.41. The molecule has 0 aliphatic heterocycles. The van der Waals surface area contributed by atoms with E-state index >= 15 is 0 Å². The normalized spacial score (nSPS) is 16.6. The molecule has 1 saturated carbocycles. The Morgan fingerprint density at radius 2 is 2.11 bits per heavy atom. The number of carbonyl (C=O) groups excluding carboxylic acids is 1. The smallest absolute Gasteiger partial charge is 0.260 e. The van der Waals surface area contributed by atoms with Crippen LogP contribution in [0.3, 0.4) is 0 Å². The summed E-state index contributed by atoms with van der Waals surface area (Å²) in [4.78, 5) is 12.0. The van der Waals surface area contributed by atoms with Gasteiger partial charge in [0.1, 0.15) is 11.8 Å². The Hall–Kier alpha value is -2.02. The minimum Gasteiger partial charge on any atom is -0.480 e. The molecule has 1 atom stereocenters. The highest BCUT2D eigenvalue weighted by molar-refractivity contribution is 5.81. The predicted molar refractivity (Wildman–Crippen MR) is 71.6 cm³/mol. The molecule has 19 heavy (non-hydrogen) atoms. The summed E-state index contributed by atoms with van der Waals surface area (Å²) in [7, 11) is 0. The molecule has 1 aromatic rings. The first-order valence-corrected chi connectivity index (χ1v) is 6.67. The number of ether oxygens (including phenoxy) is 1. The van der Waals surface area contributed by atoms with Crippen molar-refractivity contribution >= 4 is 5.91 Å². The molecule has 1 unspecified atom stereocenters. The van der Waals surface area contributed by atoms with Crippen LogP contribution >= 0.6 is 0 Å². The first-order chi connectivity index (χ1) is 9.20.